The van der Waals surface area contributed by atoms with Crippen molar-refractivity contribution < 1.29 is 5.11 Å². The van der Waals surface area contributed by atoms with Gasteiger partial charge >= 0.3 is 0 Å². The molecule has 1 aliphatic rings. The fraction of sp³-hybridized carbons (Fsp3) is 1.00. The monoisotopic (exact) mass is 213 g/mol. The van der Waals surface area contributed by atoms with Crippen molar-refractivity contribution in [3.05, 3.63) is 0 Å². The van der Waals surface area contributed by atoms with Gasteiger partial charge in [0.25, 0.3) is 0 Å². The van der Waals surface area contributed by atoms with E-state index in [9.17, 15) is 5.11 Å². The summed E-state index contributed by atoms with van der Waals surface area (Å²) in [5.41, 5.74) is 0.346. The average Bonchev–Trinajstić information content (AvgIpc) is 2.11. The summed E-state index contributed by atoms with van der Waals surface area (Å²) < 4.78 is 0. The Hall–Kier alpha value is -0.0800. The molecule has 0 aliphatic heterocycles. The number of aliphatic hydroxyl groups excluding tert-OH is 1. The lowest BCUT2D eigenvalue weighted by Gasteiger charge is -2.47. The number of hydrogen-bond acceptors (Lipinski definition) is 2. The van der Waals surface area contributed by atoms with Crippen LogP contribution in [0.1, 0.15) is 53.4 Å². The number of nitrogens with one attached hydrogen (secondary N) is 1. The number of hydrogen-bond donors (Lipinski definition) is 2. The van der Waals surface area contributed by atoms with Gasteiger partial charge in [-0.05, 0) is 43.6 Å². The molecule has 2 heteroatoms. The lowest BCUT2D eigenvalue weighted by atomic mass is 9.64. The maximum absolute atomic E-state index is 9.66. The molecule has 0 radical (unpaired) electrons. The third-order valence-corrected chi connectivity index (χ3v) is 3.51. The smallest absolute Gasteiger partial charge is 0.0613 e. The molecule has 0 aromatic rings. The Morgan fingerprint density at radius 1 is 1.33 bits per heavy atom. The van der Waals surface area contributed by atoms with Gasteiger partial charge in [-0.1, -0.05) is 27.7 Å². The molecule has 0 aromatic heterocycles. The van der Waals surface area contributed by atoms with E-state index in [4.69, 9.17) is 0 Å². The highest BCUT2D eigenvalue weighted by Gasteiger charge is 2.41. The van der Waals surface area contributed by atoms with Crippen LogP contribution < -0.4 is 5.32 Å². The van der Waals surface area contributed by atoms with Gasteiger partial charge in [0.15, 0.2) is 0 Å². The van der Waals surface area contributed by atoms with Crippen molar-refractivity contribution in [1.82, 2.24) is 5.32 Å². The second-order valence-electron chi connectivity index (χ2n) is 6.22. The van der Waals surface area contributed by atoms with Crippen LogP contribution in [0.3, 0.4) is 0 Å². The fourth-order valence-corrected chi connectivity index (χ4v) is 3.44. The summed E-state index contributed by atoms with van der Waals surface area (Å²) in [7, 11) is 0. The molecule has 2 atom stereocenters. The van der Waals surface area contributed by atoms with E-state index >= 15 is 0 Å². The first-order chi connectivity index (χ1) is 6.93. The molecule has 1 rings (SSSR count). The largest absolute Gasteiger partial charge is 0.394 e. The van der Waals surface area contributed by atoms with Crippen LogP contribution in [0.25, 0.3) is 0 Å². The van der Waals surface area contributed by atoms with Crippen molar-refractivity contribution in [2.75, 3.05) is 13.2 Å². The van der Waals surface area contributed by atoms with E-state index in [0.29, 0.717) is 11.3 Å². The average molecular weight is 213 g/mol. The van der Waals surface area contributed by atoms with E-state index in [-0.39, 0.29) is 12.1 Å². The van der Waals surface area contributed by atoms with Crippen LogP contribution in [-0.4, -0.2) is 23.8 Å². The molecule has 0 spiro atoms. The molecule has 90 valence electrons. The molecular weight excluding hydrogens is 186 g/mol. The van der Waals surface area contributed by atoms with E-state index in [2.05, 4.69) is 33.0 Å². The Bertz CT molecular complexity index is 203. The van der Waals surface area contributed by atoms with Crippen LogP contribution in [0, 0.1) is 11.3 Å². The van der Waals surface area contributed by atoms with Crippen LogP contribution in [0.2, 0.25) is 0 Å². The molecule has 0 saturated heterocycles. The van der Waals surface area contributed by atoms with Gasteiger partial charge in [-0.3, -0.25) is 0 Å². The van der Waals surface area contributed by atoms with Gasteiger partial charge in [0.1, 0.15) is 0 Å². The molecule has 2 unspecified atom stereocenters. The zero-order chi connectivity index (χ0) is 11.5. The molecule has 1 fully saturated rings. The minimum absolute atomic E-state index is 0.0167. The SMILES string of the molecule is CCCNC1(CO)CC(C)CC(C)(C)C1. The van der Waals surface area contributed by atoms with Crippen molar-refractivity contribution in [3.63, 3.8) is 0 Å². The molecule has 0 aromatic carbocycles. The summed E-state index contributed by atoms with van der Waals surface area (Å²) in [6.07, 6.45) is 4.63. The first-order valence-electron chi connectivity index (χ1n) is 6.29. The van der Waals surface area contributed by atoms with Gasteiger partial charge in [0.05, 0.1) is 6.61 Å². The third kappa shape index (κ3) is 3.46. The van der Waals surface area contributed by atoms with E-state index in [1.807, 2.05) is 0 Å². The van der Waals surface area contributed by atoms with E-state index in [1.165, 1.54) is 6.42 Å². The molecule has 0 heterocycles. The minimum Gasteiger partial charge on any atom is -0.394 e. The highest BCUT2D eigenvalue weighted by molar-refractivity contribution is 4.98. The summed E-state index contributed by atoms with van der Waals surface area (Å²) in [4.78, 5) is 0. The quantitative estimate of drug-likeness (QED) is 0.752. The van der Waals surface area contributed by atoms with E-state index in [1.54, 1.807) is 0 Å². The third-order valence-electron chi connectivity index (χ3n) is 3.51. The Labute approximate surface area is 94.5 Å². The van der Waals surface area contributed by atoms with Crippen molar-refractivity contribution in [2.45, 2.75) is 58.9 Å². The van der Waals surface area contributed by atoms with Crippen LogP contribution in [-0.2, 0) is 0 Å². The second-order valence-corrected chi connectivity index (χ2v) is 6.22. The second kappa shape index (κ2) is 4.84. The summed E-state index contributed by atoms with van der Waals surface area (Å²) in [5.74, 6) is 0.713. The summed E-state index contributed by atoms with van der Waals surface area (Å²) >= 11 is 0. The summed E-state index contributed by atoms with van der Waals surface area (Å²) in [5, 5.41) is 13.2. The standard InChI is InChI=1S/C13H27NO/c1-5-6-14-13(10-15)8-11(2)7-12(3,4)9-13/h11,14-15H,5-10H2,1-4H3. The van der Waals surface area contributed by atoms with Crippen LogP contribution in [0.15, 0.2) is 0 Å². The van der Waals surface area contributed by atoms with Crippen molar-refractivity contribution in [1.29, 1.82) is 0 Å². The van der Waals surface area contributed by atoms with E-state index < -0.39 is 0 Å². The van der Waals surface area contributed by atoms with Gasteiger partial charge in [0, 0.05) is 5.54 Å². The van der Waals surface area contributed by atoms with E-state index in [0.717, 1.165) is 25.8 Å². The minimum atomic E-state index is -0.0167. The summed E-state index contributed by atoms with van der Waals surface area (Å²) in [6.45, 7) is 10.4. The zero-order valence-electron chi connectivity index (χ0n) is 10.8. The topological polar surface area (TPSA) is 32.3 Å². The summed E-state index contributed by atoms with van der Waals surface area (Å²) in [6, 6.07) is 0. The van der Waals surface area contributed by atoms with Crippen molar-refractivity contribution >= 4 is 0 Å². The fourth-order valence-electron chi connectivity index (χ4n) is 3.44. The molecule has 2 N–H and O–H groups in total. The van der Waals surface area contributed by atoms with Crippen molar-refractivity contribution in [3.8, 4) is 0 Å². The predicted octanol–water partition coefficient (Wildman–Crippen LogP) is 2.56. The molecular formula is C13H27NO. The lowest BCUT2D eigenvalue weighted by molar-refractivity contribution is 0.0367. The highest BCUT2D eigenvalue weighted by atomic mass is 16.3. The predicted molar refractivity (Wildman–Crippen MR) is 64.9 cm³/mol. The van der Waals surface area contributed by atoms with Crippen molar-refractivity contribution in [2.24, 2.45) is 11.3 Å². The molecule has 1 saturated carbocycles. The lowest BCUT2D eigenvalue weighted by Crippen LogP contribution is -2.55. The molecule has 0 bridgehead atoms. The number of rotatable bonds is 4. The molecule has 1 aliphatic carbocycles. The first kappa shape index (κ1) is 13.0. The normalized spacial score (nSPS) is 35.4. The van der Waals surface area contributed by atoms with Gasteiger partial charge in [-0.15, -0.1) is 0 Å². The first-order valence-corrected chi connectivity index (χ1v) is 6.29. The molecule has 15 heavy (non-hydrogen) atoms. The van der Waals surface area contributed by atoms with Crippen LogP contribution in [0.5, 0.6) is 0 Å². The Morgan fingerprint density at radius 3 is 2.47 bits per heavy atom. The molecule has 2 nitrogen and oxygen atoms in total. The molecule has 0 amide bonds. The Morgan fingerprint density at radius 2 is 2.00 bits per heavy atom. The Kier molecular flexibility index (Phi) is 4.19. The Balaban J connectivity index is 2.70. The van der Waals surface area contributed by atoms with Gasteiger partial charge in [-0.2, -0.15) is 0 Å². The van der Waals surface area contributed by atoms with Crippen LogP contribution >= 0.6 is 0 Å². The number of aliphatic hydroxyl groups is 1. The van der Waals surface area contributed by atoms with Gasteiger partial charge < -0.3 is 10.4 Å². The van der Waals surface area contributed by atoms with Gasteiger partial charge in [-0.25, -0.2) is 0 Å². The maximum Gasteiger partial charge on any atom is 0.0613 e. The van der Waals surface area contributed by atoms with Crippen LogP contribution in [0.4, 0.5) is 0 Å². The van der Waals surface area contributed by atoms with Gasteiger partial charge in [0.2, 0.25) is 0 Å². The highest BCUT2D eigenvalue weighted by Crippen LogP contribution is 2.43. The zero-order valence-corrected chi connectivity index (χ0v) is 10.8. The maximum atomic E-state index is 9.66.